The molecule has 1 saturated carbocycles. The molecule has 4 heteroatoms. The Bertz CT molecular complexity index is 540. The number of aliphatic hydroxyl groups is 1. The van der Waals surface area contributed by atoms with Crippen LogP contribution in [0.1, 0.15) is 57.1 Å². The van der Waals surface area contributed by atoms with Crippen LogP contribution >= 0.6 is 0 Å². The van der Waals surface area contributed by atoms with E-state index in [1.165, 1.54) is 5.56 Å². The van der Waals surface area contributed by atoms with Crippen molar-refractivity contribution in [3.63, 3.8) is 0 Å². The first kappa shape index (κ1) is 15.5. The first-order chi connectivity index (χ1) is 10.6. The minimum Gasteiger partial charge on any atom is -0.390 e. The van der Waals surface area contributed by atoms with E-state index < -0.39 is 5.60 Å². The van der Waals surface area contributed by atoms with Gasteiger partial charge in [-0.15, -0.1) is 0 Å². The number of hydrogen-bond donors (Lipinski definition) is 2. The van der Waals surface area contributed by atoms with E-state index in [2.05, 4.69) is 24.4 Å². The van der Waals surface area contributed by atoms with Gasteiger partial charge in [0.05, 0.1) is 5.60 Å². The Balaban J connectivity index is 1.57. The number of rotatable bonds is 6. The lowest BCUT2D eigenvalue weighted by Crippen LogP contribution is -2.39. The third-order valence-corrected chi connectivity index (χ3v) is 5.08. The predicted octanol–water partition coefficient (Wildman–Crippen LogP) is 2.77. The van der Waals surface area contributed by atoms with Crippen molar-refractivity contribution >= 4 is 11.6 Å². The van der Waals surface area contributed by atoms with Gasteiger partial charge in [0.1, 0.15) is 0 Å². The topological polar surface area (TPSA) is 52.6 Å². The quantitative estimate of drug-likeness (QED) is 0.849. The van der Waals surface area contributed by atoms with E-state index in [1.807, 2.05) is 17.0 Å². The third kappa shape index (κ3) is 3.33. The molecule has 2 fully saturated rings. The molecule has 0 radical (unpaired) electrons. The molecule has 22 heavy (non-hydrogen) atoms. The first-order valence-electron chi connectivity index (χ1n) is 8.44. The van der Waals surface area contributed by atoms with Crippen molar-refractivity contribution in [2.75, 3.05) is 18.0 Å². The highest BCUT2D eigenvalue weighted by molar-refractivity contribution is 5.95. The zero-order valence-corrected chi connectivity index (χ0v) is 13.3. The highest BCUT2D eigenvalue weighted by atomic mass is 16.3. The molecule has 120 valence electrons. The van der Waals surface area contributed by atoms with Crippen LogP contribution in [0.15, 0.2) is 24.3 Å². The van der Waals surface area contributed by atoms with Crippen LogP contribution in [-0.4, -0.2) is 29.7 Å². The Labute approximate surface area is 132 Å². The van der Waals surface area contributed by atoms with Crippen LogP contribution in [0.25, 0.3) is 0 Å². The van der Waals surface area contributed by atoms with Crippen LogP contribution in [-0.2, 0) is 4.79 Å². The molecule has 2 aliphatic rings. The molecule has 0 spiro atoms. The van der Waals surface area contributed by atoms with Gasteiger partial charge in [0.15, 0.2) is 0 Å². The van der Waals surface area contributed by atoms with Gasteiger partial charge in [-0.3, -0.25) is 4.79 Å². The Morgan fingerprint density at radius 1 is 1.36 bits per heavy atom. The molecule has 0 bridgehead atoms. The van der Waals surface area contributed by atoms with Crippen LogP contribution < -0.4 is 10.2 Å². The van der Waals surface area contributed by atoms with Crippen molar-refractivity contribution in [1.29, 1.82) is 0 Å². The van der Waals surface area contributed by atoms with Crippen molar-refractivity contribution in [2.24, 2.45) is 0 Å². The minimum atomic E-state index is -0.420. The molecule has 1 heterocycles. The smallest absolute Gasteiger partial charge is 0.227 e. The number of benzene rings is 1. The summed E-state index contributed by atoms with van der Waals surface area (Å²) in [7, 11) is 0. The second kappa shape index (κ2) is 6.39. The lowest BCUT2D eigenvalue weighted by Gasteiger charge is -2.37. The van der Waals surface area contributed by atoms with Crippen molar-refractivity contribution in [2.45, 2.75) is 57.1 Å². The fourth-order valence-corrected chi connectivity index (χ4v) is 3.36. The molecule has 1 atom stereocenters. The van der Waals surface area contributed by atoms with E-state index >= 15 is 0 Å². The summed E-state index contributed by atoms with van der Waals surface area (Å²) < 4.78 is 0. The van der Waals surface area contributed by atoms with E-state index in [0.29, 0.717) is 6.42 Å². The molecular weight excluding hydrogens is 276 g/mol. The van der Waals surface area contributed by atoms with Crippen LogP contribution in [0.5, 0.6) is 0 Å². The number of nitrogens with zero attached hydrogens (tertiary/aromatic N) is 1. The molecule has 1 aliphatic heterocycles. The lowest BCUT2D eigenvalue weighted by atomic mass is 9.78. The number of hydrogen-bond acceptors (Lipinski definition) is 3. The van der Waals surface area contributed by atoms with E-state index in [0.717, 1.165) is 50.9 Å². The molecule has 2 N–H and O–H groups in total. The lowest BCUT2D eigenvalue weighted by molar-refractivity contribution is -0.117. The molecule has 1 saturated heterocycles. The molecule has 1 aromatic rings. The second-order valence-corrected chi connectivity index (χ2v) is 6.75. The van der Waals surface area contributed by atoms with Gasteiger partial charge < -0.3 is 15.3 Å². The molecule has 1 amide bonds. The Morgan fingerprint density at radius 2 is 2.18 bits per heavy atom. The number of carbonyl (C=O) groups excluding carboxylic acids is 1. The minimum absolute atomic E-state index is 0.223. The maximum Gasteiger partial charge on any atom is 0.227 e. The largest absolute Gasteiger partial charge is 0.390 e. The van der Waals surface area contributed by atoms with E-state index in [1.54, 1.807) is 0 Å². The summed E-state index contributed by atoms with van der Waals surface area (Å²) >= 11 is 0. The van der Waals surface area contributed by atoms with Gasteiger partial charge >= 0.3 is 0 Å². The summed E-state index contributed by atoms with van der Waals surface area (Å²) in [5.41, 5.74) is 1.78. The van der Waals surface area contributed by atoms with Crippen LogP contribution in [0.3, 0.4) is 0 Å². The molecule has 3 rings (SSSR count). The molecular formula is C18H26N2O2. The first-order valence-corrected chi connectivity index (χ1v) is 8.44. The Kier molecular flexibility index (Phi) is 4.50. The fraction of sp³-hybridized carbons (Fsp3) is 0.611. The number of carbonyl (C=O) groups is 1. The van der Waals surface area contributed by atoms with Gasteiger partial charge in [-0.25, -0.2) is 0 Å². The van der Waals surface area contributed by atoms with Crippen molar-refractivity contribution in [1.82, 2.24) is 5.32 Å². The number of amides is 1. The fourth-order valence-electron chi connectivity index (χ4n) is 3.36. The van der Waals surface area contributed by atoms with E-state index in [4.69, 9.17) is 0 Å². The SMILES string of the molecule is CC(NCCC1(O)CCC1)c1cccc(N2CCCC2=O)c1. The third-order valence-electron chi connectivity index (χ3n) is 5.08. The zero-order valence-electron chi connectivity index (χ0n) is 13.3. The molecule has 1 unspecified atom stereocenters. The summed E-state index contributed by atoms with van der Waals surface area (Å²) in [6.07, 6.45) is 5.47. The number of nitrogens with one attached hydrogen (secondary N) is 1. The van der Waals surface area contributed by atoms with E-state index in [9.17, 15) is 9.90 Å². The molecule has 4 nitrogen and oxygen atoms in total. The highest BCUT2D eigenvalue weighted by Gasteiger charge is 2.33. The summed E-state index contributed by atoms with van der Waals surface area (Å²) in [6, 6.07) is 8.46. The number of anilines is 1. The van der Waals surface area contributed by atoms with Crippen LogP contribution in [0.4, 0.5) is 5.69 Å². The maximum atomic E-state index is 11.9. The van der Waals surface area contributed by atoms with Gasteiger partial charge in [0.2, 0.25) is 5.91 Å². The molecule has 1 aromatic carbocycles. The van der Waals surface area contributed by atoms with Gasteiger partial charge in [-0.05, 0) is 63.3 Å². The summed E-state index contributed by atoms with van der Waals surface area (Å²) in [5.74, 6) is 0.227. The van der Waals surface area contributed by atoms with Gasteiger partial charge in [0.25, 0.3) is 0 Å². The molecule has 1 aliphatic carbocycles. The normalized spacial score (nSPS) is 21.7. The Hall–Kier alpha value is -1.39. The zero-order chi connectivity index (χ0) is 15.6. The average molecular weight is 302 g/mol. The summed E-state index contributed by atoms with van der Waals surface area (Å²) in [4.78, 5) is 13.7. The van der Waals surface area contributed by atoms with Gasteiger partial charge in [-0.1, -0.05) is 12.1 Å². The van der Waals surface area contributed by atoms with Gasteiger partial charge in [-0.2, -0.15) is 0 Å². The van der Waals surface area contributed by atoms with Gasteiger partial charge in [0, 0.05) is 24.7 Å². The van der Waals surface area contributed by atoms with E-state index in [-0.39, 0.29) is 11.9 Å². The van der Waals surface area contributed by atoms with Crippen molar-refractivity contribution in [3.8, 4) is 0 Å². The average Bonchev–Trinajstić information content (AvgIpc) is 2.91. The highest BCUT2D eigenvalue weighted by Crippen LogP contribution is 2.34. The standard InChI is InChI=1S/C18H26N2O2/c1-14(19-11-10-18(22)8-4-9-18)15-5-2-6-16(13-15)20-12-3-7-17(20)21/h2,5-6,13-14,19,22H,3-4,7-12H2,1H3. The maximum absolute atomic E-state index is 11.9. The van der Waals surface area contributed by atoms with Crippen LogP contribution in [0.2, 0.25) is 0 Å². The monoisotopic (exact) mass is 302 g/mol. The molecule has 0 aromatic heterocycles. The summed E-state index contributed by atoms with van der Waals surface area (Å²) in [6.45, 7) is 3.79. The van der Waals surface area contributed by atoms with Crippen LogP contribution in [0, 0.1) is 0 Å². The van der Waals surface area contributed by atoms with Crippen molar-refractivity contribution in [3.05, 3.63) is 29.8 Å². The predicted molar refractivity (Wildman–Crippen MR) is 87.9 cm³/mol. The summed E-state index contributed by atoms with van der Waals surface area (Å²) in [5, 5.41) is 13.6. The van der Waals surface area contributed by atoms with Crippen molar-refractivity contribution < 1.29 is 9.90 Å². The second-order valence-electron chi connectivity index (χ2n) is 6.75. The Morgan fingerprint density at radius 3 is 2.82 bits per heavy atom.